The number of amides is 2. The molecule has 1 aliphatic heterocycles. The zero-order valence-electron chi connectivity index (χ0n) is 18.3. The van der Waals surface area contributed by atoms with Gasteiger partial charge in [0.1, 0.15) is 5.54 Å². The number of nitrogens with zero attached hydrogens (tertiary/aromatic N) is 1. The van der Waals surface area contributed by atoms with Crippen molar-refractivity contribution in [2.75, 3.05) is 18.4 Å². The van der Waals surface area contributed by atoms with Crippen molar-refractivity contribution in [2.45, 2.75) is 43.3 Å². The van der Waals surface area contributed by atoms with Gasteiger partial charge in [-0.25, -0.2) is 0 Å². The van der Waals surface area contributed by atoms with E-state index in [1.54, 1.807) is 18.2 Å². The molecule has 10 heteroatoms. The van der Waals surface area contributed by atoms with Gasteiger partial charge >= 0.3 is 6.18 Å². The van der Waals surface area contributed by atoms with E-state index in [0.29, 0.717) is 36.2 Å². The standard InChI is InChI=1S/C24H24F3N5O2/c25-24(26,27)23(8-9-23)32-21(34)15-2-1-3-17(12-15)30-19-7-6-16(13-18(19)14-4-5-14)20(33)31-22-28-10-11-29-22/h1-3,6-7,12-14,30H,4-5,8-11H2,(H,32,34)(H2,28,29,31,33). The van der Waals surface area contributed by atoms with Crippen LogP contribution in [-0.2, 0) is 0 Å². The van der Waals surface area contributed by atoms with Gasteiger partial charge in [0.25, 0.3) is 11.8 Å². The second kappa shape index (κ2) is 8.34. The highest BCUT2D eigenvalue weighted by atomic mass is 19.4. The van der Waals surface area contributed by atoms with E-state index in [2.05, 4.69) is 26.3 Å². The molecule has 178 valence electrons. The highest BCUT2D eigenvalue weighted by molar-refractivity contribution is 6.06. The molecule has 0 unspecified atom stereocenters. The van der Waals surface area contributed by atoms with E-state index < -0.39 is 17.6 Å². The van der Waals surface area contributed by atoms with Crippen LogP contribution in [0.25, 0.3) is 0 Å². The van der Waals surface area contributed by atoms with Crippen LogP contribution in [0.15, 0.2) is 47.5 Å². The highest BCUT2D eigenvalue weighted by Gasteiger charge is 2.64. The van der Waals surface area contributed by atoms with Gasteiger partial charge in [-0.3, -0.25) is 19.9 Å². The minimum atomic E-state index is -4.47. The van der Waals surface area contributed by atoms with Gasteiger partial charge in [-0.15, -0.1) is 0 Å². The fraction of sp³-hybridized carbons (Fsp3) is 0.375. The van der Waals surface area contributed by atoms with Crippen LogP contribution in [0.1, 0.15) is 57.9 Å². The molecule has 4 N–H and O–H groups in total. The molecular formula is C24H24F3N5O2. The summed E-state index contributed by atoms with van der Waals surface area (Å²) in [5.74, 6) is -0.214. The Bertz CT molecular complexity index is 1170. The molecule has 0 bridgehead atoms. The minimum Gasteiger partial charge on any atom is -0.355 e. The maximum absolute atomic E-state index is 13.2. The summed E-state index contributed by atoms with van der Waals surface area (Å²) in [5, 5.41) is 11.2. The quantitative estimate of drug-likeness (QED) is 0.515. The lowest BCUT2D eigenvalue weighted by molar-refractivity contribution is -0.163. The van der Waals surface area contributed by atoms with Crippen molar-refractivity contribution >= 4 is 29.1 Å². The third kappa shape index (κ3) is 4.57. The smallest absolute Gasteiger partial charge is 0.355 e. The zero-order chi connectivity index (χ0) is 23.9. The second-order valence-corrected chi connectivity index (χ2v) is 8.93. The first kappa shape index (κ1) is 22.2. The lowest BCUT2D eigenvalue weighted by atomic mass is 10.0. The average molecular weight is 471 g/mol. The molecule has 2 aromatic rings. The lowest BCUT2D eigenvalue weighted by Gasteiger charge is -2.21. The molecule has 1 heterocycles. The Morgan fingerprint density at radius 1 is 1.03 bits per heavy atom. The van der Waals surface area contributed by atoms with Gasteiger partial charge in [-0.05, 0) is 73.6 Å². The number of rotatable bonds is 6. The molecule has 2 aliphatic carbocycles. The summed E-state index contributed by atoms with van der Waals surface area (Å²) in [6.45, 7) is 1.32. The number of hydrogen-bond donors (Lipinski definition) is 4. The van der Waals surface area contributed by atoms with E-state index >= 15 is 0 Å². The molecular weight excluding hydrogens is 447 g/mol. The third-order valence-corrected chi connectivity index (χ3v) is 6.29. The van der Waals surface area contributed by atoms with Gasteiger partial charge in [-0.1, -0.05) is 6.07 Å². The molecule has 0 saturated heterocycles. The Kier molecular flexibility index (Phi) is 5.45. The van der Waals surface area contributed by atoms with Crippen molar-refractivity contribution in [2.24, 2.45) is 4.99 Å². The number of guanidine groups is 1. The first-order valence-corrected chi connectivity index (χ1v) is 11.2. The van der Waals surface area contributed by atoms with Crippen molar-refractivity contribution in [1.29, 1.82) is 0 Å². The van der Waals surface area contributed by atoms with Crippen LogP contribution in [0.4, 0.5) is 24.5 Å². The van der Waals surface area contributed by atoms with Gasteiger partial charge in [-0.2, -0.15) is 13.2 Å². The Hall–Kier alpha value is -3.56. The van der Waals surface area contributed by atoms with Crippen LogP contribution < -0.4 is 21.3 Å². The molecule has 5 rings (SSSR count). The molecule has 2 amide bonds. The monoisotopic (exact) mass is 471 g/mol. The number of anilines is 2. The maximum atomic E-state index is 13.2. The summed E-state index contributed by atoms with van der Waals surface area (Å²) in [6.07, 6.45) is -2.65. The van der Waals surface area contributed by atoms with Crippen LogP contribution in [0.5, 0.6) is 0 Å². The van der Waals surface area contributed by atoms with Gasteiger partial charge in [0.15, 0.2) is 5.96 Å². The number of benzene rings is 2. The van der Waals surface area contributed by atoms with Crippen molar-refractivity contribution in [3.05, 3.63) is 59.2 Å². The Morgan fingerprint density at radius 2 is 1.79 bits per heavy atom. The van der Waals surface area contributed by atoms with Gasteiger partial charge in [0.05, 0.1) is 6.54 Å². The van der Waals surface area contributed by atoms with Crippen molar-refractivity contribution < 1.29 is 22.8 Å². The number of aliphatic imine (C=N–C) groups is 1. The number of hydrogen-bond acceptors (Lipinski definition) is 5. The fourth-order valence-corrected chi connectivity index (χ4v) is 4.00. The number of nitrogens with one attached hydrogen (secondary N) is 4. The minimum absolute atomic E-state index is 0.103. The SMILES string of the molecule is O=C(NC1=NCCN1)c1ccc(Nc2cccc(C(=O)NC3(C(F)(F)F)CC3)c2)c(C2CC2)c1. The van der Waals surface area contributed by atoms with E-state index in [0.717, 1.165) is 24.1 Å². The average Bonchev–Trinajstić information content (AvgIpc) is 3.73. The molecule has 0 spiro atoms. The van der Waals surface area contributed by atoms with Crippen LogP contribution >= 0.6 is 0 Å². The van der Waals surface area contributed by atoms with Crippen molar-refractivity contribution in [3.8, 4) is 0 Å². The Labute approximate surface area is 194 Å². The summed E-state index contributed by atoms with van der Waals surface area (Å²) in [5.41, 5.74) is 0.906. The zero-order valence-corrected chi connectivity index (χ0v) is 18.3. The van der Waals surface area contributed by atoms with Crippen LogP contribution in [-0.4, -0.2) is 42.6 Å². The van der Waals surface area contributed by atoms with Gasteiger partial charge in [0.2, 0.25) is 0 Å². The maximum Gasteiger partial charge on any atom is 0.411 e. The predicted molar refractivity (Wildman–Crippen MR) is 121 cm³/mol. The predicted octanol–water partition coefficient (Wildman–Crippen LogP) is 3.82. The summed E-state index contributed by atoms with van der Waals surface area (Å²) >= 11 is 0. The van der Waals surface area contributed by atoms with E-state index in [1.165, 1.54) is 12.1 Å². The second-order valence-electron chi connectivity index (χ2n) is 8.93. The Morgan fingerprint density at radius 3 is 2.44 bits per heavy atom. The van der Waals surface area contributed by atoms with E-state index in [9.17, 15) is 22.8 Å². The summed E-state index contributed by atoms with van der Waals surface area (Å²) in [7, 11) is 0. The molecule has 7 nitrogen and oxygen atoms in total. The molecule has 0 atom stereocenters. The van der Waals surface area contributed by atoms with Crippen molar-refractivity contribution in [3.63, 3.8) is 0 Å². The largest absolute Gasteiger partial charge is 0.411 e. The number of alkyl halides is 3. The van der Waals surface area contributed by atoms with Crippen LogP contribution in [0.2, 0.25) is 0 Å². The summed E-state index contributed by atoms with van der Waals surface area (Å²) in [6, 6.07) is 11.7. The van der Waals surface area contributed by atoms with Crippen LogP contribution in [0, 0.1) is 0 Å². The molecule has 2 fully saturated rings. The molecule has 0 aromatic heterocycles. The first-order chi connectivity index (χ1) is 16.2. The molecule has 3 aliphatic rings. The van der Waals surface area contributed by atoms with E-state index in [4.69, 9.17) is 0 Å². The van der Waals surface area contributed by atoms with Crippen LogP contribution in [0.3, 0.4) is 0 Å². The molecule has 2 saturated carbocycles. The number of carbonyl (C=O) groups is 2. The third-order valence-electron chi connectivity index (χ3n) is 6.29. The van der Waals surface area contributed by atoms with Gasteiger partial charge in [0, 0.05) is 29.0 Å². The summed E-state index contributed by atoms with van der Waals surface area (Å²) < 4.78 is 39.6. The normalized spacial score (nSPS) is 18.5. The molecule has 2 aromatic carbocycles. The van der Waals surface area contributed by atoms with E-state index in [1.807, 2.05) is 12.1 Å². The van der Waals surface area contributed by atoms with Crippen molar-refractivity contribution in [1.82, 2.24) is 16.0 Å². The molecule has 0 radical (unpaired) electrons. The number of halogens is 3. The first-order valence-electron chi connectivity index (χ1n) is 11.2. The lowest BCUT2D eigenvalue weighted by Crippen LogP contribution is -2.47. The highest BCUT2D eigenvalue weighted by Crippen LogP contribution is 2.49. The topological polar surface area (TPSA) is 94.6 Å². The fourth-order valence-electron chi connectivity index (χ4n) is 4.00. The number of carbonyl (C=O) groups excluding carboxylic acids is 2. The summed E-state index contributed by atoms with van der Waals surface area (Å²) in [4.78, 5) is 29.3. The Balaban J connectivity index is 1.32. The van der Waals surface area contributed by atoms with Gasteiger partial charge < -0.3 is 16.0 Å². The molecule has 34 heavy (non-hydrogen) atoms. The van der Waals surface area contributed by atoms with E-state index in [-0.39, 0.29) is 24.3 Å².